The molecule has 0 bridgehead atoms. The molecule has 3 aromatic carbocycles. The van der Waals surface area contributed by atoms with Crippen LogP contribution in [0.15, 0.2) is 84.9 Å². The van der Waals surface area contributed by atoms with Crippen molar-refractivity contribution in [2.24, 2.45) is 0 Å². The Morgan fingerprint density at radius 1 is 0.750 bits per heavy atom. The number of alkyl carbamates (subject to hydrolysis) is 1. The van der Waals surface area contributed by atoms with Gasteiger partial charge in [0.1, 0.15) is 17.7 Å². The third-order valence-corrected chi connectivity index (χ3v) is 10.4. The van der Waals surface area contributed by atoms with Gasteiger partial charge in [-0.25, -0.2) is 4.79 Å². The predicted octanol–water partition coefficient (Wildman–Crippen LogP) is 4.62. The maximum atomic E-state index is 13.7. The van der Waals surface area contributed by atoms with Gasteiger partial charge in [-0.2, -0.15) is 0 Å². The van der Waals surface area contributed by atoms with Gasteiger partial charge in [0.2, 0.25) is 23.6 Å². The Balaban J connectivity index is 1.16. The van der Waals surface area contributed by atoms with E-state index in [0.717, 1.165) is 35.3 Å². The molecule has 3 N–H and O–H groups in total. The minimum atomic E-state index is -0.857. The second-order valence-corrected chi connectivity index (χ2v) is 15.8. The van der Waals surface area contributed by atoms with E-state index >= 15 is 0 Å². The van der Waals surface area contributed by atoms with Gasteiger partial charge in [-0.3, -0.25) is 19.2 Å². The minimum absolute atomic E-state index is 0.0368. The van der Waals surface area contributed by atoms with E-state index in [2.05, 4.69) is 20.9 Å². The maximum Gasteiger partial charge on any atom is 0.408 e. The molecular formula is C44H58N6O6. The van der Waals surface area contributed by atoms with E-state index < -0.39 is 23.8 Å². The fourth-order valence-electron chi connectivity index (χ4n) is 7.24. The fourth-order valence-corrected chi connectivity index (χ4v) is 7.24. The van der Waals surface area contributed by atoms with E-state index in [4.69, 9.17) is 4.74 Å². The van der Waals surface area contributed by atoms with Crippen LogP contribution in [0, 0.1) is 0 Å². The molecule has 5 rings (SSSR count). The molecule has 3 aromatic rings. The molecule has 5 amide bonds. The molecule has 2 heterocycles. The van der Waals surface area contributed by atoms with Crippen molar-refractivity contribution in [3.63, 3.8) is 0 Å². The smallest absolute Gasteiger partial charge is 0.408 e. The number of likely N-dealkylation sites (N-methyl/N-ethyl adjacent to an activating group) is 1. The molecule has 0 spiro atoms. The van der Waals surface area contributed by atoms with E-state index in [-0.39, 0.29) is 42.4 Å². The lowest BCUT2D eigenvalue weighted by atomic mass is 9.91. The number of unbranched alkanes of at least 4 members (excludes halogenated alkanes) is 1. The summed E-state index contributed by atoms with van der Waals surface area (Å²) >= 11 is 0. The Labute approximate surface area is 331 Å². The van der Waals surface area contributed by atoms with Crippen LogP contribution >= 0.6 is 0 Å². The molecule has 0 radical (unpaired) electrons. The molecule has 12 nitrogen and oxygen atoms in total. The van der Waals surface area contributed by atoms with Crippen LogP contribution in [0.2, 0.25) is 0 Å². The average Bonchev–Trinajstić information content (AvgIpc) is 3.19. The van der Waals surface area contributed by atoms with Gasteiger partial charge in [-0.05, 0) is 69.3 Å². The number of carbonyl (C=O) groups excluding carboxylic acids is 5. The summed E-state index contributed by atoms with van der Waals surface area (Å²) in [6.45, 7) is 9.18. The number of nitrogens with zero attached hydrogens (tertiary/aromatic N) is 3. The Kier molecular flexibility index (Phi) is 15.0. The van der Waals surface area contributed by atoms with Gasteiger partial charge < -0.3 is 35.4 Å². The Morgan fingerprint density at radius 2 is 1.34 bits per heavy atom. The van der Waals surface area contributed by atoms with E-state index in [1.54, 1.807) is 25.7 Å². The third kappa shape index (κ3) is 12.4. The number of amides is 5. The van der Waals surface area contributed by atoms with Gasteiger partial charge in [0.25, 0.3) is 0 Å². The number of fused-ring (bicyclic) bond motifs is 1. The summed E-state index contributed by atoms with van der Waals surface area (Å²) in [4.78, 5) is 72.3. The van der Waals surface area contributed by atoms with Crippen LogP contribution in [-0.4, -0.2) is 108 Å². The molecular weight excluding hydrogens is 709 g/mol. The van der Waals surface area contributed by atoms with Gasteiger partial charge in [-0.15, -0.1) is 0 Å². The normalized spacial score (nSPS) is 16.4. The predicted molar refractivity (Wildman–Crippen MR) is 216 cm³/mol. The number of rotatable bonds is 15. The second-order valence-electron chi connectivity index (χ2n) is 15.8. The lowest BCUT2D eigenvalue weighted by Crippen LogP contribution is -2.53. The zero-order valence-corrected chi connectivity index (χ0v) is 33.3. The Morgan fingerprint density at radius 3 is 1.96 bits per heavy atom. The average molecular weight is 767 g/mol. The van der Waals surface area contributed by atoms with Crippen molar-refractivity contribution in [1.29, 1.82) is 0 Å². The summed E-state index contributed by atoms with van der Waals surface area (Å²) in [6.07, 6.45) is 1.25. The summed E-state index contributed by atoms with van der Waals surface area (Å²) in [5, 5.41) is 8.85. The number of carbonyl (C=O) groups is 5. The van der Waals surface area contributed by atoms with Crippen molar-refractivity contribution in [2.75, 3.05) is 46.3 Å². The first-order chi connectivity index (χ1) is 26.9. The highest BCUT2D eigenvalue weighted by Gasteiger charge is 2.35. The van der Waals surface area contributed by atoms with Crippen molar-refractivity contribution in [2.45, 2.75) is 89.4 Å². The highest BCUT2D eigenvalue weighted by Crippen LogP contribution is 2.26. The van der Waals surface area contributed by atoms with Crippen LogP contribution in [0.3, 0.4) is 0 Å². The number of ether oxygens (including phenoxy) is 1. The SMILES string of the molecule is CN1CCN(C(=O)CCC(=O)N2Cc3ccccc3C[C@H]2C(=O)NCCCC[C@H](NC(=O)OC(C)(C)C)C(=O)NCC(c2ccccc2)c2ccccc2)CC1. The zero-order chi connectivity index (χ0) is 40.1. The van der Waals surface area contributed by atoms with Crippen molar-refractivity contribution in [3.8, 4) is 0 Å². The fraction of sp³-hybridized carbons (Fsp3) is 0.477. The first-order valence-electron chi connectivity index (χ1n) is 19.9. The largest absolute Gasteiger partial charge is 0.444 e. The van der Waals surface area contributed by atoms with Gasteiger partial charge in [0.15, 0.2) is 0 Å². The van der Waals surface area contributed by atoms with Crippen LogP contribution in [0.25, 0.3) is 0 Å². The first-order valence-corrected chi connectivity index (χ1v) is 19.9. The maximum absolute atomic E-state index is 13.7. The number of nitrogens with one attached hydrogen (secondary N) is 3. The summed E-state index contributed by atoms with van der Waals surface area (Å²) in [5.74, 6) is -0.921. The standard InChI is InChI=1S/C44H58N6O6/c1-44(2,3)56-43(55)47-37(41(53)46-30-36(32-15-7-5-8-16-32)33-17-9-6-10-18-33)21-13-14-24-45-42(54)38-29-34-19-11-12-20-35(34)31-50(38)40(52)23-22-39(51)49-27-25-48(4)26-28-49/h5-12,15-20,36-38H,13-14,21-31H2,1-4H3,(H,45,54)(H,46,53)(H,47,55)/t37-,38-/m0/s1. The van der Waals surface area contributed by atoms with Crippen LogP contribution in [0.5, 0.6) is 0 Å². The van der Waals surface area contributed by atoms with Crippen molar-refractivity contribution < 1.29 is 28.7 Å². The Hall–Kier alpha value is -5.23. The molecule has 300 valence electrons. The van der Waals surface area contributed by atoms with Gasteiger partial charge >= 0.3 is 6.09 Å². The van der Waals surface area contributed by atoms with Gasteiger partial charge in [0.05, 0.1) is 0 Å². The van der Waals surface area contributed by atoms with E-state index in [1.165, 1.54) is 0 Å². The monoisotopic (exact) mass is 766 g/mol. The number of piperazine rings is 1. The molecule has 0 saturated carbocycles. The lowest BCUT2D eigenvalue weighted by Gasteiger charge is -2.36. The summed E-state index contributed by atoms with van der Waals surface area (Å²) < 4.78 is 5.49. The van der Waals surface area contributed by atoms with Crippen molar-refractivity contribution in [1.82, 2.24) is 30.7 Å². The third-order valence-electron chi connectivity index (χ3n) is 10.4. The molecule has 0 aliphatic carbocycles. The summed E-state index contributed by atoms with van der Waals surface area (Å²) in [5.41, 5.74) is 3.40. The number of hydrogen-bond donors (Lipinski definition) is 3. The highest BCUT2D eigenvalue weighted by molar-refractivity contribution is 5.90. The number of benzene rings is 3. The highest BCUT2D eigenvalue weighted by atomic mass is 16.6. The number of hydrogen-bond acceptors (Lipinski definition) is 7. The van der Waals surface area contributed by atoms with Crippen molar-refractivity contribution >= 4 is 29.7 Å². The summed E-state index contributed by atoms with van der Waals surface area (Å²) in [6, 6.07) is 26.2. The lowest BCUT2D eigenvalue weighted by molar-refractivity contribution is -0.143. The molecule has 1 fully saturated rings. The van der Waals surface area contributed by atoms with Crippen molar-refractivity contribution in [3.05, 3.63) is 107 Å². The minimum Gasteiger partial charge on any atom is -0.444 e. The molecule has 2 aliphatic heterocycles. The summed E-state index contributed by atoms with van der Waals surface area (Å²) in [7, 11) is 2.03. The van der Waals surface area contributed by atoms with Crippen LogP contribution < -0.4 is 16.0 Å². The first kappa shape index (κ1) is 41.9. The van der Waals surface area contributed by atoms with Crippen LogP contribution in [0.4, 0.5) is 4.79 Å². The van der Waals surface area contributed by atoms with E-state index in [1.807, 2.05) is 96.9 Å². The van der Waals surface area contributed by atoms with Crippen LogP contribution in [0.1, 0.15) is 81.0 Å². The molecule has 1 saturated heterocycles. The molecule has 0 aromatic heterocycles. The molecule has 0 unspecified atom stereocenters. The molecule has 2 aliphatic rings. The molecule has 12 heteroatoms. The van der Waals surface area contributed by atoms with Gasteiger partial charge in [0, 0.05) is 71.0 Å². The second kappa shape index (κ2) is 20.1. The molecule has 56 heavy (non-hydrogen) atoms. The zero-order valence-electron chi connectivity index (χ0n) is 33.3. The Bertz CT molecular complexity index is 1730. The van der Waals surface area contributed by atoms with E-state index in [0.29, 0.717) is 58.4 Å². The molecule has 2 atom stereocenters. The van der Waals surface area contributed by atoms with E-state index in [9.17, 15) is 24.0 Å². The van der Waals surface area contributed by atoms with Gasteiger partial charge in [-0.1, -0.05) is 84.9 Å². The van der Waals surface area contributed by atoms with Crippen LogP contribution in [-0.2, 0) is 36.9 Å². The topological polar surface area (TPSA) is 140 Å². The quantitative estimate of drug-likeness (QED) is 0.192.